The van der Waals surface area contributed by atoms with Crippen LogP contribution in [0.25, 0.3) is 0 Å². The van der Waals surface area contributed by atoms with Crippen molar-refractivity contribution in [2.75, 3.05) is 7.11 Å². The van der Waals surface area contributed by atoms with Gasteiger partial charge < -0.3 is 10.1 Å². The van der Waals surface area contributed by atoms with Gasteiger partial charge in [0.1, 0.15) is 5.75 Å². The number of hydrogen-bond acceptors (Lipinski definition) is 3. The van der Waals surface area contributed by atoms with Crippen molar-refractivity contribution in [3.05, 3.63) is 59.4 Å². The normalized spacial score (nSPS) is 11.8. The number of methoxy groups -OCH3 is 1. The molecule has 0 radical (unpaired) electrons. The largest absolute Gasteiger partial charge is 0.496 e. The van der Waals surface area contributed by atoms with Gasteiger partial charge in [0.15, 0.2) is 0 Å². The lowest BCUT2D eigenvalue weighted by atomic mass is 10.1. The first-order valence-corrected chi connectivity index (χ1v) is 6.93. The Labute approximate surface area is 125 Å². The number of carbonyl (C=O) groups excluding carboxylic acids is 1. The molecule has 1 aromatic carbocycles. The van der Waals surface area contributed by atoms with Crippen LogP contribution in [0.2, 0.25) is 0 Å². The van der Waals surface area contributed by atoms with Crippen LogP contribution in [0.3, 0.4) is 0 Å². The van der Waals surface area contributed by atoms with Crippen molar-refractivity contribution in [3.63, 3.8) is 0 Å². The lowest BCUT2D eigenvalue weighted by Crippen LogP contribution is -2.28. The minimum atomic E-state index is -0.0344. The van der Waals surface area contributed by atoms with E-state index >= 15 is 0 Å². The minimum absolute atomic E-state index is 0.00906. The highest BCUT2D eigenvalue weighted by Crippen LogP contribution is 2.19. The number of benzene rings is 1. The van der Waals surface area contributed by atoms with Crippen LogP contribution in [-0.4, -0.2) is 18.0 Å². The van der Waals surface area contributed by atoms with E-state index < -0.39 is 0 Å². The minimum Gasteiger partial charge on any atom is -0.496 e. The molecule has 0 bridgehead atoms. The van der Waals surface area contributed by atoms with Gasteiger partial charge in [-0.1, -0.05) is 12.1 Å². The molecule has 0 fully saturated rings. The molecular weight excluding hydrogens is 264 g/mol. The van der Waals surface area contributed by atoms with Crippen LogP contribution < -0.4 is 10.1 Å². The van der Waals surface area contributed by atoms with Crippen LogP contribution in [0.15, 0.2) is 42.7 Å². The number of hydrogen-bond donors (Lipinski definition) is 1. The summed E-state index contributed by atoms with van der Waals surface area (Å²) < 4.78 is 5.28. The fourth-order valence-electron chi connectivity index (χ4n) is 2.19. The van der Waals surface area contributed by atoms with Gasteiger partial charge in [0.25, 0.3) is 0 Å². The van der Waals surface area contributed by atoms with E-state index in [2.05, 4.69) is 10.3 Å². The average molecular weight is 284 g/mol. The third kappa shape index (κ3) is 4.05. The smallest absolute Gasteiger partial charge is 0.224 e. The van der Waals surface area contributed by atoms with Gasteiger partial charge in [0.05, 0.1) is 19.6 Å². The summed E-state index contributed by atoms with van der Waals surface area (Å²) in [5.74, 6) is 0.799. The lowest BCUT2D eigenvalue weighted by Gasteiger charge is -2.14. The average Bonchev–Trinajstić information content (AvgIpc) is 2.50. The maximum absolute atomic E-state index is 12.1. The molecule has 0 spiro atoms. The summed E-state index contributed by atoms with van der Waals surface area (Å²) >= 11 is 0. The van der Waals surface area contributed by atoms with Crippen LogP contribution in [0, 0.1) is 6.92 Å². The van der Waals surface area contributed by atoms with E-state index in [9.17, 15) is 4.79 Å². The molecule has 2 rings (SSSR count). The molecule has 1 heterocycles. The van der Waals surface area contributed by atoms with Crippen LogP contribution in [0.4, 0.5) is 0 Å². The SMILES string of the molecule is COc1cc(CC(=O)N[C@@H](C)c2ccncc2)ccc1C. The molecule has 21 heavy (non-hydrogen) atoms. The van der Waals surface area contributed by atoms with Crippen molar-refractivity contribution >= 4 is 5.91 Å². The van der Waals surface area contributed by atoms with E-state index in [4.69, 9.17) is 4.74 Å². The number of aryl methyl sites for hydroxylation is 1. The standard InChI is InChI=1S/C17H20N2O2/c1-12-4-5-14(10-16(12)21-3)11-17(20)19-13(2)15-6-8-18-9-7-15/h4-10,13H,11H2,1-3H3,(H,19,20)/t13-/m0/s1. The monoisotopic (exact) mass is 284 g/mol. The van der Waals surface area contributed by atoms with Gasteiger partial charge in [-0.25, -0.2) is 0 Å². The van der Waals surface area contributed by atoms with Gasteiger partial charge >= 0.3 is 0 Å². The number of nitrogens with one attached hydrogen (secondary N) is 1. The topological polar surface area (TPSA) is 51.2 Å². The fraction of sp³-hybridized carbons (Fsp3) is 0.294. The number of carbonyl (C=O) groups is 1. The molecule has 110 valence electrons. The van der Waals surface area contributed by atoms with Crippen molar-refractivity contribution in [2.24, 2.45) is 0 Å². The molecule has 1 atom stereocenters. The number of aromatic nitrogens is 1. The van der Waals surface area contributed by atoms with Crippen LogP contribution in [0.5, 0.6) is 5.75 Å². The molecule has 0 aliphatic rings. The van der Waals surface area contributed by atoms with Gasteiger partial charge in [-0.05, 0) is 48.7 Å². The first kappa shape index (κ1) is 15.0. The molecule has 0 saturated carbocycles. The Morgan fingerprint density at radius 3 is 2.67 bits per heavy atom. The van der Waals surface area contributed by atoms with E-state index in [-0.39, 0.29) is 11.9 Å². The second-order valence-electron chi connectivity index (χ2n) is 5.05. The van der Waals surface area contributed by atoms with E-state index in [0.29, 0.717) is 6.42 Å². The van der Waals surface area contributed by atoms with Gasteiger partial charge in [0.2, 0.25) is 5.91 Å². The molecule has 0 aliphatic heterocycles. The first-order chi connectivity index (χ1) is 10.1. The summed E-state index contributed by atoms with van der Waals surface area (Å²) in [6, 6.07) is 9.60. The summed E-state index contributed by atoms with van der Waals surface area (Å²) in [4.78, 5) is 16.1. The molecule has 4 nitrogen and oxygen atoms in total. The second-order valence-corrected chi connectivity index (χ2v) is 5.05. The number of rotatable bonds is 5. The Bertz CT molecular complexity index is 611. The predicted octanol–water partition coefficient (Wildman–Crippen LogP) is 2.82. The number of ether oxygens (including phenoxy) is 1. The van der Waals surface area contributed by atoms with Gasteiger partial charge in [-0.3, -0.25) is 9.78 Å². The molecule has 0 saturated heterocycles. The fourth-order valence-corrected chi connectivity index (χ4v) is 2.19. The van der Waals surface area contributed by atoms with Gasteiger partial charge in [-0.2, -0.15) is 0 Å². The van der Waals surface area contributed by atoms with Crippen molar-refractivity contribution in [3.8, 4) is 5.75 Å². The van der Waals surface area contributed by atoms with Crippen molar-refractivity contribution in [1.29, 1.82) is 0 Å². The van der Waals surface area contributed by atoms with Crippen LogP contribution in [-0.2, 0) is 11.2 Å². The van der Waals surface area contributed by atoms with Crippen LogP contribution in [0.1, 0.15) is 29.7 Å². The summed E-state index contributed by atoms with van der Waals surface area (Å²) in [5, 5.41) is 2.99. The number of amides is 1. The summed E-state index contributed by atoms with van der Waals surface area (Å²) in [6.07, 6.45) is 3.79. The zero-order chi connectivity index (χ0) is 15.2. The maximum Gasteiger partial charge on any atom is 0.224 e. The van der Waals surface area contributed by atoms with E-state index in [1.165, 1.54) is 0 Å². The lowest BCUT2D eigenvalue weighted by molar-refractivity contribution is -0.121. The zero-order valence-electron chi connectivity index (χ0n) is 12.6. The summed E-state index contributed by atoms with van der Waals surface area (Å²) in [6.45, 7) is 3.94. The Hall–Kier alpha value is -2.36. The first-order valence-electron chi connectivity index (χ1n) is 6.93. The molecular formula is C17H20N2O2. The molecule has 4 heteroatoms. The quantitative estimate of drug-likeness (QED) is 0.918. The Morgan fingerprint density at radius 2 is 2.00 bits per heavy atom. The third-order valence-corrected chi connectivity index (χ3v) is 3.42. The Kier molecular flexibility index (Phi) is 4.93. The summed E-state index contributed by atoms with van der Waals surface area (Å²) in [7, 11) is 1.64. The maximum atomic E-state index is 12.1. The molecule has 1 aromatic heterocycles. The molecule has 1 N–H and O–H groups in total. The van der Waals surface area contributed by atoms with Crippen molar-refractivity contribution in [2.45, 2.75) is 26.3 Å². The molecule has 1 amide bonds. The Morgan fingerprint density at radius 1 is 1.29 bits per heavy atom. The third-order valence-electron chi connectivity index (χ3n) is 3.42. The van der Waals surface area contributed by atoms with Gasteiger partial charge in [0, 0.05) is 12.4 Å². The zero-order valence-corrected chi connectivity index (χ0v) is 12.6. The predicted molar refractivity (Wildman–Crippen MR) is 82.2 cm³/mol. The molecule has 2 aromatic rings. The summed E-state index contributed by atoms with van der Waals surface area (Å²) in [5.41, 5.74) is 3.04. The Balaban J connectivity index is 1.99. The number of pyridine rings is 1. The van der Waals surface area contributed by atoms with E-state index in [1.807, 2.05) is 44.2 Å². The number of nitrogens with zero attached hydrogens (tertiary/aromatic N) is 1. The van der Waals surface area contributed by atoms with E-state index in [1.54, 1.807) is 19.5 Å². The van der Waals surface area contributed by atoms with Crippen LogP contribution >= 0.6 is 0 Å². The highest BCUT2D eigenvalue weighted by atomic mass is 16.5. The molecule has 0 unspecified atom stereocenters. The van der Waals surface area contributed by atoms with Crippen molar-refractivity contribution in [1.82, 2.24) is 10.3 Å². The highest BCUT2D eigenvalue weighted by molar-refractivity contribution is 5.79. The van der Waals surface area contributed by atoms with Crippen molar-refractivity contribution < 1.29 is 9.53 Å². The second kappa shape index (κ2) is 6.88. The van der Waals surface area contributed by atoms with Gasteiger partial charge in [-0.15, -0.1) is 0 Å². The highest BCUT2D eigenvalue weighted by Gasteiger charge is 2.10. The molecule has 0 aliphatic carbocycles. The van der Waals surface area contributed by atoms with E-state index in [0.717, 1.165) is 22.4 Å².